The molecule has 0 saturated carbocycles. The molecule has 1 aromatic carbocycles. The zero-order chi connectivity index (χ0) is 12.3. The van der Waals surface area contributed by atoms with Crippen LogP contribution < -0.4 is 0 Å². The number of aliphatic hydroxyl groups is 1. The van der Waals surface area contributed by atoms with E-state index in [2.05, 4.69) is 5.10 Å². The second kappa shape index (κ2) is 5.12. The smallest absolute Gasteiger partial charge is 0.123 e. The van der Waals surface area contributed by atoms with Crippen LogP contribution in [-0.4, -0.2) is 22.0 Å². The molecule has 2 rings (SSSR count). The highest BCUT2D eigenvalue weighted by Crippen LogP contribution is 2.21. The maximum Gasteiger partial charge on any atom is 0.123 e. The van der Waals surface area contributed by atoms with Crippen LogP contribution in [-0.2, 0) is 18.4 Å². The molecule has 0 saturated heterocycles. The minimum atomic E-state index is -0.687. The topological polar surface area (TPSA) is 47.3 Å². The van der Waals surface area contributed by atoms with Crippen molar-refractivity contribution in [2.75, 3.05) is 7.11 Å². The first-order valence-electron chi connectivity index (χ1n) is 5.46. The van der Waals surface area contributed by atoms with Gasteiger partial charge in [-0.2, -0.15) is 5.10 Å². The van der Waals surface area contributed by atoms with Crippen molar-refractivity contribution in [2.24, 2.45) is 7.05 Å². The SMILES string of the molecule is COCc1cccc(C(O)c2ccn(C)n2)c1. The normalized spacial score (nSPS) is 12.6. The van der Waals surface area contributed by atoms with Gasteiger partial charge in [0.1, 0.15) is 6.10 Å². The number of hydrogen-bond acceptors (Lipinski definition) is 3. The minimum absolute atomic E-state index is 0.544. The first-order valence-corrected chi connectivity index (χ1v) is 5.46. The molecule has 0 amide bonds. The molecule has 0 spiro atoms. The lowest BCUT2D eigenvalue weighted by Crippen LogP contribution is -2.02. The third-order valence-electron chi connectivity index (χ3n) is 2.59. The van der Waals surface area contributed by atoms with Gasteiger partial charge in [-0.25, -0.2) is 0 Å². The molecule has 0 aliphatic heterocycles. The van der Waals surface area contributed by atoms with Gasteiger partial charge in [0, 0.05) is 20.4 Å². The third-order valence-corrected chi connectivity index (χ3v) is 2.59. The molecular weight excluding hydrogens is 216 g/mol. The fourth-order valence-electron chi connectivity index (χ4n) is 1.77. The lowest BCUT2D eigenvalue weighted by molar-refractivity contribution is 0.184. The molecule has 0 fully saturated rings. The van der Waals surface area contributed by atoms with Crippen LogP contribution in [0.25, 0.3) is 0 Å². The quantitative estimate of drug-likeness (QED) is 0.872. The van der Waals surface area contributed by atoms with E-state index in [9.17, 15) is 5.11 Å². The molecule has 0 radical (unpaired) electrons. The Morgan fingerprint density at radius 3 is 2.88 bits per heavy atom. The fraction of sp³-hybridized carbons (Fsp3) is 0.308. The van der Waals surface area contributed by atoms with Crippen molar-refractivity contribution in [1.29, 1.82) is 0 Å². The molecule has 0 bridgehead atoms. The summed E-state index contributed by atoms with van der Waals surface area (Å²) in [6.45, 7) is 0.544. The van der Waals surface area contributed by atoms with E-state index in [0.29, 0.717) is 12.3 Å². The van der Waals surface area contributed by atoms with Crippen molar-refractivity contribution in [2.45, 2.75) is 12.7 Å². The van der Waals surface area contributed by atoms with Crippen molar-refractivity contribution >= 4 is 0 Å². The van der Waals surface area contributed by atoms with E-state index >= 15 is 0 Å². The number of nitrogens with zero attached hydrogens (tertiary/aromatic N) is 2. The van der Waals surface area contributed by atoms with E-state index in [1.807, 2.05) is 43.6 Å². The van der Waals surface area contributed by atoms with E-state index < -0.39 is 6.10 Å². The van der Waals surface area contributed by atoms with Crippen LogP contribution in [0.15, 0.2) is 36.5 Å². The molecule has 0 aliphatic rings. The monoisotopic (exact) mass is 232 g/mol. The summed E-state index contributed by atoms with van der Waals surface area (Å²) in [6.07, 6.45) is 1.13. The van der Waals surface area contributed by atoms with Gasteiger partial charge in [0.2, 0.25) is 0 Å². The van der Waals surface area contributed by atoms with Gasteiger partial charge in [-0.3, -0.25) is 4.68 Å². The van der Waals surface area contributed by atoms with Crippen LogP contribution in [0.3, 0.4) is 0 Å². The van der Waals surface area contributed by atoms with E-state index in [0.717, 1.165) is 11.1 Å². The molecule has 4 nitrogen and oxygen atoms in total. The first kappa shape index (κ1) is 11.8. The van der Waals surface area contributed by atoms with Crippen LogP contribution in [0.2, 0.25) is 0 Å². The number of hydrogen-bond donors (Lipinski definition) is 1. The van der Waals surface area contributed by atoms with Crippen LogP contribution in [0.1, 0.15) is 22.9 Å². The fourth-order valence-corrected chi connectivity index (χ4v) is 1.77. The van der Waals surface area contributed by atoms with Gasteiger partial charge in [0.25, 0.3) is 0 Å². The van der Waals surface area contributed by atoms with E-state index in [4.69, 9.17) is 4.74 Å². The number of aryl methyl sites for hydroxylation is 1. The van der Waals surface area contributed by atoms with Gasteiger partial charge < -0.3 is 9.84 Å². The van der Waals surface area contributed by atoms with Crippen LogP contribution in [0.4, 0.5) is 0 Å². The summed E-state index contributed by atoms with van der Waals surface area (Å²) in [5.74, 6) is 0. The standard InChI is InChI=1S/C13H16N2O2/c1-15-7-6-12(14-15)13(16)11-5-3-4-10(8-11)9-17-2/h3-8,13,16H,9H2,1-2H3. The van der Waals surface area contributed by atoms with E-state index in [1.54, 1.807) is 11.8 Å². The Morgan fingerprint density at radius 2 is 2.24 bits per heavy atom. The summed E-state index contributed by atoms with van der Waals surface area (Å²) >= 11 is 0. The van der Waals surface area contributed by atoms with Gasteiger partial charge in [-0.1, -0.05) is 24.3 Å². The van der Waals surface area contributed by atoms with Gasteiger partial charge in [0.15, 0.2) is 0 Å². The van der Waals surface area contributed by atoms with Crippen molar-refractivity contribution in [3.05, 3.63) is 53.3 Å². The number of aromatic nitrogens is 2. The van der Waals surface area contributed by atoms with Gasteiger partial charge >= 0.3 is 0 Å². The summed E-state index contributed by atoms with van der Waals surface area (Å²) < 4.78 is 6.75. The molecular formula is C13H16N2O2. The van der Waals surface area contributed by atoms with Crippen LogP contribution >= 0.6 is 0 Å². The zero-order valence-corrected chi connectivity index (χ0v) is 10.00. The molecule has 1 aromatic heterocycles. The minimum Gasteiger partial charge on any atom is -0.382 e. The average Bonchev–Trinajstić information content (AvgIpc) is 2.76. The first-order chi connectivity index (χ1) is 8.20. The molecule has 1 unspecified atom stereocenters. The van der Waals surface area contributed by atoms with Crippen molar-refractivity contribution in [3.63, 3.8) is 0 Å². The zero-order valence-electron chi connectivity index (χ0n) is 10.00. The highest BCUT2D eigenvalue weighted by atomic mass is 16.5. The summed E-state index contributed by atoms with van der Waals surface area (Å²) in [4.78, 5) is 0. The molecule has 90 valence electrons. The number of rotatable bonds is 4. The average molecular weight is 232 g/mol. The molecule has 1 heterocycles. The second-order valence-corrected chi connectivity index (χ2v) is 3.99. The lowest BCUT2D eigenvalue weighted by Gasteiger charge is -2.09. The van der Waals surface area contributed by atoms with Crippen LogP contribution in [0.5, 0.6) is 0 Å². The number of methoxy groups -OCH3 is 1. The summed E-state index contributed by atoms with van der Waals surface area (Å²) in [6, 6.07) is 9.52. The molecule has 0 aliphatic carbocycles. The van der Waals surface area contributed by atoms with Crippen molar-refractivity contribution in [3.8, 4) is 0 Å². The second-order valence-electron chi connectivity index (χ2n) is 3.99. The maximum atomic E-state index is 10.2. The summed E-state index contributed by atoms with van der Waals surface area (Å²) in [5, 5.41) is 14.4. The van der Waals surface area contributed by atoms with Crippen LogP contribution in [0, 0.1) is 0 Å². The Bertz CT molecular complexity index is 494. The van der Waals surface area contributed by atoms with Crippen molar-refractivity contribution in [1.82, 2.24) is 9.78 Å². The Kier molecular flexibility index (Phi) is 3.56. The van der Waals surface area contributed by atoms with E-state index in [-0.39, 0.29) is 0 Å². The van der Waals surface area contributed by atoms with Gasteiger partial charge in [-0.15, -0.1) is 0 Å². The summed E-state index contributed by atoms with van der Waals surface area (Å²) in [5.41, 5.74) is 2.53. The lowest BCUT2D eigenvalue weighted by atomic mass is 10.0. The highest BCUT2D eigenvalue weighted by molar-refractivity contribution is 5.29. The van der Waals surface area contributed by atoms with Gasteiger partial charge in [0.05, 0.1) is 12.3 Å². The van der Waals surface area contributed by atoms with E-state index in [1.165, 1.54) is 0 Å². The Labute approximate surface area is 100 Å². The Hall–Kier alpha value is -1.65. The third kappa shape index (κ3) is 2.72. The predicted octanol–water partition coefficient (Wildman–Crippen LogP) is 1.65. The molecule has 1 atom stereocenters. The number of ether oxygens (including phenoxy) is 1. The number of benzene rings is 1. The highest BCUT2D eigenvalue weighted by Gasteiger charge is 2.13. The van der Waals surface area contributed by atoms with Gasteiger partial charge in [-0.05, 0) is 17.2 Å². The summed E-state index contributed by atoms with van der Waals surface area (Å²) in [7, 11) is 3.49. The Balaban J connectivity index is 2.24. The molecule has 17 heavy (non-hydrogen) atoms. The van der Waals surface area contributed by atoms with Crippen molar-refractivity contribution < 1.29 is 9.84 Å². The largest absolute Gasteiger partial charge is 0.382 e. The molecule has 1 N–H and O–H groups in total. The predicted molar refractivity (Wildman–Crippen MR) is 64.4 cm³/mol. The maximum absolute atomic E-state index is 10.2. The number of aliphatic hydroxyl groups excluding tert-OH is 1. The Morgan fingerprint density at radius 1 is 1.41 bits per heavy atom. The molecule has 4 heteroatoms. The molecule has 2 aromatic rings.